The molecule has 0 saturated carbocycles. The van der Waals surface area contributed by atoms with E-state index in [0.717, 1.165) is 11.0 Å². The molecule has 0 N–H and O–H groups in total. The molecule has 102 valence electrons. The average molecular weight is 309 g/mol. The molecule has 1 heterocycles. The Hall–Kier alpha value is -1.52. The van der Waals surface area contributed by atoms with E-state index in [2.05, 4.69) is 0 Å². The van der Waals surface area contributed by atoms with E-state index in [9.17, 15) is 9.18 Å². The van der Waals surface area contributed by atoms with E-state index >= 15 is 0 Å². The zero-order valence-corrected chi connectivity index (χ0v) is 11.9. The standard InChI is InChI=1S/C15H10ClFO2S/c16-11-6-5-9(17)7-10(11)15(18)13-8-20-14-4-2-1-3-12(14)19-13/h1-7,13H,8H2. The van der Waals surface area contributed by atoms with Gasteiger partial charge in [-0.25, -0.2) is 4.39 Å². The summed E-state index contributed by atoms with van der Waals surface area (Å²) >= 11 is 7.51. The Morgan fingerprint density at radius 3 is 2.95 bits per heavy atom. The highest BCUT2D eigenvalue weighted by molar-refractivity contribution is 7.99. The summed E-state index contributed by atoms with van der Waals surface area (Å²) in [4.78, 5) is 13.4. The highest BCUT2D eigenvalue weighted by Crippen LogP contribution is 2.36. The minimum atomic E-state index is -0.644. The highest BCUT2D eigenvalue weighted by Gasteiger charge is 2.28. The first kappa shape index (κ1) is 13.5. The molecule has 0 radical (unpaired) electrons. The summed E-state index contributed by atoms with van der Waals surface area (Å²) in [5, 5.41) is 0.240. The molecule has 5 heteroatoms. The van der Waals surface area contributed by atoms with E-state index in [-0.39, 0.29) is 16.4 Å². The number of thioether (sulfide) groups is 1. The van der Waals surface area contributed by atoms with Crippen molar-refractivity contribution in [1.29, 1.82) is 0 Å². The van der Waals surface area contributed by atoms with E-state index in [1.807, 2.05) is 24.3 Å². The third-order valence-electron chi connectivity index (χ3n) is 2.99. The summed E-state index contributed by atoms with van der Waals surface area (Å²) < 4.78 is 18.9. The van der Waals surface area contributed by atoms with Crippen LogP contribution in [-0.2, 0) is 0 Å². The van der Waals surface area contributed by atoms with Crippen molar-refractivity contribution in [2.45, 2.75) is 11.0 Å². The van der Waals surface area contributed by atoms with Gasteiger partial charge in [0.1, 0.15) is 11.6 Å². The van der Waals surface area contributed by atoms with Crippen LogP contribution in [0.3, 0.4) is 0 Å². The first-order valence-electron chi connectivity index (χ1n) is 6.03. The smallest absolute Gasteiger partial charge is 0.205 e. The zero-order chi connectivity index (χ0) is 14.1. The lowest BCUT2D eigenvalue weighted by molar-refractivity contribution is 0.0815. The van der Waals surface area contributed by atoms with Crippen molar-refractivity contribution in [1.82, 2.24) is 0 Å². The normalized spacial score (nSPS) is 17.2. The summed E-state index contributed by atoms with van der Waals surface area (Å²) in [6, 6.07) is 11.3. The van der Waals surface area contributed by atoms with E-state index in [4.69, 9.17) is 16.3 Å². The van der Waals surface area contributed by atoms with Crippen LogP contribution in [0.15, 0.2) is 47.4 Å². The maximum absolute atomic E-state index is 13.3. The molecule has 20 heavy (non-hydrogen) atoms. The van der Waals surface area contributed by atoms with Crippen molar-refractivity contribution >= 4 is 29.1 Å². The fraction of sp³-hybridized carbons (Fsp3) is 0.133. The van der Waals surface area contributed by atoms with Crippen LogP contribution in [0.5, 0.6) is 5.75 Å². The summed E-state index contributed by atoms with van der Waals surface area (Å²) in [6.07, 6.45) is -0.644. The van der Waals surface area contributed by atoms with E-state index in [0.29, 0.717) is 11.5 Å². The van der Waals surface area contributed by atoms with Gasteiger partial charge in [-0.3, -0.25) is 4.79 Å². The van der Waals surface area contributed by atoms with E-state index in [1.54, 1.807) is 11.8 Å². The van der Waals surface area contributed by atoms with Crippen LogP contribution < -0.4 is 4.74 Å². The number of ether oxygens (including phenoxy) is 1. The van der Waals surface area contributed by atoms with Gasteiger partial charge in [-0.1, -0.05) is 23.7 Å². The second kappa shape index (κ2) is 5.46. The third-order valence-corrected chi connectivity index (χ3v) is 4.44. The molecular weight excluding hydrogens is 299 g/mol. The van der Waals surface area contributed by atoms with Gasteiger partial charge in [0.2, 0.25) is 5.78 Å². The number of rotatable bonds is 2. The molecule has 0 aromatic heterocycles. The number of benzene rings is 2. The molecule has 2 nitrogen and oxygen atoms in total. The van der Waals surface area contributed by atoms with Crippen LogP contribution in [0.4, 0.5) is 4.39 Å². The van der Waals surface area contributed by atoms with E-state index in [1.165, 1.54) is 12.1 Å². The highest BCUT2D eigenvalue weighted by atomic mass is 35.5. The number of Topliss-reactive ketones (excluding diaryl/α,β-unsaturated/α-hetero) is 1. The van der Waals surface area contributed by atoms with Gasteiger partial charge in [-0.2, -0.15) is 0 Å². The first-order chi connectivity index (χ1) is 9.65. The number of hydrogen-bond donors (Lipinski definition) is 0. The molecule has 0 aliphatic carbocycles. The minimum absolute atomic E-state index is 0.164. The average Bonchev–Trinajstić information content (AvgIpc) is 2.48. The lowest BCUT2D eigenvalue weighted by atomic mass is 10.1. The number of carbonyl (C=O) groups excluding carboxylic acids is 1. The summed E-state index contributed by atoms with van der Waals surface area (Å²) in [5.41, 5.74) is 0.164. The largest absolute Gasteiger partial charge is 0.480 e. The fourth-order valence-electron chi connectivity index (χ4n) is 2.01. The van der Waals surface area contributed by atoms with Gasteiger partial charge in [0, 0.05) is 16.2 Å². The lowest BCUT2D eigenvalue weighted by Crippen LogP contribution is -2.32. The van der Waals surface area contributed by atoms with Crippen LogP contribution in [0.2, 0.25) is 5.02 Å². The van der Waals surface area contributed by atoms with Crippen LogP contribution in [-0.4, -0.2) is 17.6 Å². The maximum Gasteiger partial charge on any atom is 0.205 e. The van der Waals surface area contributed by atoms with Crippen molar-refractivity contribution in [3.05, 3.63) is 58.9 Å². The second-order valence-electron chi connectivity index (χ2n) is 4.35. The van der Waals surface area contributed by atoms with Crippen molar-refractivity contribution in [3.63, 3.8) is 0 Å². The van der Waals surface area contributed by atoms with Gasteiger partial charge >= 0.3 is 0 Å². The first-order valence-corrected chi connectivity index (χ1v) is 7.39. The predicted molar refractivity (Wildman–Crippen MR) is 77.3 cm³/mol. The lowest BCUT2D eigenvalue weighted by Gasteiger charge is -2.24. The quantitative estimate of drug-likeness (QED) is 0.777. The van der Waals surface area contributed by atoms with Gasteiger partial charge in [-0.05, 0) is 30.3 Å². The summed E-state index contributed by atoms with van der Waals surface area (Å²) in [7, 11) is 0. The molecule has 3 rings (SSSR count). The molecule has 1 aliphatic rings. The number of para-hydroxylation sites is 1. The molecule has 1 atom stereocenters. The summed E-state index contributed by atoms with van der Waals surface area (Å²) in [6.45, 7) is 0. The molecule has 1 unspecified atom stereocenters. The Kier molecular flexibility index (Phi) is 3.68. The van der Waals surface area contributed by atoms with Gasteiger partial charge in [0.05, 0.1) is 5.02 Å². The number of halogens is 2. The Labute approximate surface area is 124 Å². The predicted octanol–water partition coefficient (Wildman–Crippen LogP) is 4.22. The Morgan fingerprint density at radius 2 is 2.10 bits per heavy atom. The number of fused-ring (bicyclic) bond motifs is 1. The summed E-state index contributed by atoms with van der Waals surface area (Å²) in [5.74, 6) is 0.385. The number of carbonyl (C=O) groups is 1. The molecule has 0 fully saturated rings. The van der Waals surface area contributed by atoms with Crippen molar-refractivity contribution in [2.24, 2.45) is 0 Å². The van der Waals surface area contributed by atoms with E-state index < -0.39 is 11.9 Å². The molecule has 0 amide bonds. The topological polar surface area (TPSA) is 26.3 Å². The molecular formula is C15H10ClFO2S. The number of hydrogen-bond acceptors (Lipinski definition) is 3. The number of ketones is 1. The van der Waals surface area contributed by atoms with Crippen molar-refractivity contribution in [2.75, 3.05) is 5.75 Å². The third kappa shape index (κ3) is 2.53. The second-order valence-corrected chi connectivity index (χ2v) is 5.82. The zero-order valence-electron chi connectivity index (χ0n) is 10.3. The molecule has 0 spiro atoms. The SMILES string of the molecule is O=C(c1cc(F)ccc1Cl)C1CSc2ccccc2O1. The molecule has 2 aromatic carbocycles. The van der Waals surface area contributed by atoms with Crippen LogP contribution in [0.25, 0.3) is 0 Å². The molecule has 2 aromatic rings. The van der Waals surface area contributed by atoms with Gasteiger partial charge in [0.25, 0.3) is 0 Å². The molecule has 1 aliphatic heterocycles. The maximum atomic E-state index is 13.3. The van der Waals surface area contributed by atoms with Crippen molar-refractivity contribution < 1.29 is 13.9 Å². The van der Waals surface area contributed by atoms with Crippen LogP contribution in [0.1, 0.15) is 10.4 Å². The fourth-order valence-corrected chi connectivity index (χ4v) is 3.20. The van der Waals surface area contributed by atoms with Gasteiger partial charge in [-0.15, -0.1) is 11.8 Å². The Morgan fingerprint density at radius 1 is 1.30 bits per heavy atom. The molecule has 0 saturated heterocycles. The minimum Gasteiger partial charge on any atom is -0.480 e. The molecule has 0 bridgehead atoms. The van der Waals surface area contributed by atoms with Crippen LogP contribution in [0, 0.1) is 5.82 Å². The Balaban J connectivity index is 1.88. The van der Waals surface area contributed by atoms with Gasteiger partial charge in [0.15, 0.2) is 6.10 Å². The monoisotopic (exact) mass is 308 g/mol. The van der Waals surface area contributed by atoms with Crippen LogP contribution >= 0.6 is 23.4 Å². The Bertz CT molecular complexity index is 675. The van der Waals surface area contributed by atoms with Crippen molar-refractivity contribution in [3.8, 4) is 5.75 Å². The van der Waals surface area contributed by atoms with Gasteiger partial charge < -0.3 is 4.74 Å².